The van der Waals surface area contributed by atoms with Gasteiger partial charge in [0.15, 0.2) is 5.82 Å². The molecule has 9 heteroatoms. The third-order valence-corrected chi connectivity index (χ3v) is 6.74. The van der Waals surface area contributed by atoms with Crippen molar-refractivity contribution < 1.29 is 18.0 Å². The first kappa shape index (κ1) is 25.2. The Balaban J connectivity index is 1.34. The second-order valence-corrected chi connectivity index (χ2v) is 9.96. The fourth-order valence-corrected chi connectivity index (χ4v) is 4.65. The lowest BCUT2D eigenvalue weighted by atomic mass is 10.1. The molecule has 4 aromatic rings. The van der Waals surface area contributed by atoms with Gasteiger partial charge in [0.2, 0.25) is 5.91 Å². The summed E-state index contributed by atoms with van der Waals surface area (Å²) < 4.78 is 39.9. The lowest BCUT2D eigenvalue weighted by Crippen LogP contribution is -2.33. The van der Waals surface area contributed by atoms with Gasteiger partial charge in [-0.2, -0.15) is 13.2 Å². The van der Waals surface area contributed by atoms with Crippen molar-refractivity contribution in [3.63, 3.8) is 0 Å². The highest BCUT2D eigenvalue weighted by molar-refractivity contribution is 9.10. The summed E-state index contributed by atoms with van der Waals surface area (Å²) in [5.74, 6) is 1.16. The third-order valence-electron chi connectivity index (χ3n) is 6.25. The van der Waals surface area contributed by atoms with Crippen molar-refractivity contribution in [1.82, 2.24) is 15.3 Å². The van der Waals surface area contributed by atoms with E-state index in [1.54, 1.807) is 6.07 Å². The molecule has 1 amide bonds. The molecule has 0 bridgehead atoms. The number of para-hydroxylation sites is 1. The van der Waals surface area contributed by atoms with Crippen molar-refractivity contribution in [2.75, 3.05) is 11.4 Å². The van der Waals surface area contributed by atoms with Crippen LogP contribution in [0.2, 0.25) is 0 Å². The molecule has 1 aromatic heterocycles. The molecule has 1 fully saturated rings. The van der Waals surface area contributed by atoms with Crippen LogP contribution in [0.15, 0.2) is 77.3 Å². The maximum absolute atomic E-state index is 13.0. The molecule has 1 heterocycles. The van der Waals surface area contributed by atoms with E-state index >= 15 is 0 Å². The molecule has 1 saturated carbocycles. The van der Waals surface area contributed by atoms with Gasteiger partial charge in [-0.1, -0.05) is 52.3 Å². The van der Waals surface area contributed by atoms with Gasteiger partial charge in [0, 0.05) is 41.0 Å². The van der Waals surface area contributed by atoms with E-state index in [4.69, 9.17) is 9.97 Å². The van der Waals surface area contributed by atoms with Gasteiger partial charge < -0.3 is 10.2 Å². The number of anilines is 1. The SMILES string of the molecule is O=C(CCN(c1nc(-c2cccc(Br)c2)nc2ccccc12)C1CC1)NCc1cccc(C(F)(F)F)c1. The number of alkyl halides is 3. The van der Waals surface area contributed by atoms with Crippen LogP contribution in [0.4, 0.5) is 19.0 Å². The molecule has 0 spiro atoms. The zero-order valence-electron chi connectivity index (χ0n) is 19.8. The van der Waals surface area contributed by atoms with Crippen molar-refractivity contribution in [3.05, 3.63) is 88.4 Å². The van der Waals surface area contributed by atoms with E-state index in [2.05, 4.69) is 26.1 Å². The Labute approximate surface area is 220 Å². The summed E-state index contributed by atoms with van der Waals surface area (Å²) in [6.07, 6.45) is -2.20. The lowest BCUT2D eigenvalue weighted by Gasteiger charge is -2.25. The summed E-state index contributed by atoms with van der Waals surface area (Å²) in [6, 6.07) is 20.9. The Hall–Kier alpha value is -3.46. The summed E-state index contributed by atoms with van der Waals surface area (Å²) in [6.45, 7) is 0.480. The average molecular weight is 569 g/mol. The van der Waals surface area contributed by atoms with Crippen molar-refractivity contribution in [1.29, 1.82) is 0 Å². The van der Waals surface area contributed by atoms with E-state index in [0.29, 0.717) is 17.9 Å². The number of benzene rings is 3. The van der Waals surface area contributed by atoms with Crippen LogP contribution in [0.3, 0.4) is 0 Å². The minimum atomic E-state index is -4.42. The smallest absolute Gasteiger partial charge is 0.352 e. The van der Waals surface area contributed by atoms with E-state index in [1.165, 1.54) is 6.07 Å². The first-order valence-corrected chi connectivity index (χ1v) is 12.8. The molecule has 5 nitrogen and oxygen atoms in total. The first-order chi connectivity index (χ1) is 17.8. The number of nitrogens with zero attached hydrogens (tertiary/aromatic N) is 3. The molecule has 1 N–H and O–H groups in total. The average Bonchev–Trinajstić information content (AvgIpc) is 3.72. The molecule has 37 heavy (non-hydrogen) atoms. The molecule has 1 aliphatic rings. The highest BCUT2D eigenvalue weighted by atomic mass is 79.9. The van der Waals surface area contributed by atoms with Gasteiger partial charge in [0.25, 0.3) is 0 Å². The topological polar surface area (TPSA) is 58.1 Å². The van der Waals surface area contributed by atoms with Gasteiger partial charge >= 0.3 is 6.18 Å². The minimum Gasteiger partial charge on any atom is -0.352 e. The fourth-order valence-electron chi connectivity index (χ4n) is 4.25. The van der Waals surface area contributed by atoms with Crippen molar-refractivity contribution >= 4 is 38.6 Å². The minimum absolute atomic E-state index is 0.0374. The molecular formula is C28H24BrF3N4O. The standard InChI is InChI=1S/C28H24BrF3N4O/c29-21-8-4-6-19(16-21)26-34-24-10-2-1-9-23(24)27(35-26)36(22-11-12-22)14-13-25(37)33-17-18-5-3-7-20(15-18)28(30,31)32/h1-10,15-16,22H,11-14,17H2,(H,33,37). The molecule has 1 aliphatic carbocycles. The van der Waals surface area contributed by atoms with Crippen LogP contribution in [-0.2, 0) is 17.5 Å². The normalized spacial score (nSPS) is 13.5. The highest BCUT2D eigenvalue weighted by Crippen LogP contribution is 2.36. The second-order valence-electron chi connectivity index (χ2n) is 9.05. The van der Waals surface area contributed by atoms with Crippen molar-refractivity contribution in [2.24, 2.45) is 0 Å². The molecule has 0 atom stereocenters. The van der Waals surface area contributed by atoms with E-state index in [9.17, 15) is 18.0 Å². The molecule has 0 unspecified atom stereocenters. The molecule has 190 valence electrons. The van der Waals surface area contributed by atoms with Crippen LogP contribution in [0.1, 0.15) is 30.4 Å². The van der Waals surface area contributed by atoms with Crippen molar-refractivity contribution in [2.45, 2.75) is 38.0 Å². The van der Waals surface area contributed by atoms with Crippen LogP contribution in [0, 0.1) is 0 Å². The van der Waals surface area contributed by atoms with Gasteiger partial charge in [0.1, 0.15) is 5.82 Å². The van der Waals surface area contributed by atoms with E-state index < -0.39 is 11.7 Å². The first-order valence-electron chi connectivity index (χ1n) is 12.0. The lowest BCUT2D eigenvalue weighted by molar-refractivity contribution is -0.137. The number of hydrogen-bond donors (Lipinski definition) is 1. The number of carbonyl (C=O) groups excluding carboxylic acids is 1. The summed E-state index contributed by atoms with van der Waals surface area (Å²) in [7, 11) is 0. The quantitative estimate of drug-likeness (QED) is 0.255. The number of halogens is 4. The predicted molar refractivity (Wildman–Crippen MR) is 141 cm³/mol. The summed E-state index contributed by atoms with van der Waals surface area (Å²) in [4.78, 5) is 24.5. The Bertz CT molecular complexity index is 1440. The van der Waals surface area contributed by atoms with Crippen molar-refractivity contribution in [3.8, 4) is 11.4 Å². The summed E-state index contributed by atoms with van der Waals surface area (Å²) in [5, 5.41) is 3.67. The number of carbonyl (C=O) groups is 1. The van der Waals surface area contributed by atoms with E-state index in [-0.39, 0.29) is 24.9 Å². The van der Waals surface area contributed by atoms with Crippen LogP contribution in [0.25, 0.3) is 22.3 Å². The monoisotopic (exact) mass is 568 g/mol. The number of aromatic nitrogens is 2. The Morgan fingerprint density at radius 2 is 1.78 bits per heavy atom. The summed E-state index contributed by atoms with van der Waals surface area (Å²) >= 11 is 3.51. The predicted octanol–water partition coefficient (Wildman–Crippen LogP) is 6.75. The van der Waals surface area contributed by atoms with Crippen LogP contribution < -0.4 is 10.2 Å². The fraction of sp³-hybridized carbons (Fsp3) is 0.250. The number of fused-ring (bicyclic) bond motifs is 1. The molecule has 0 radical (unpaired) electrons. The summed E-state index contributed by atoms with van der Waals surface area (Å²) in [5.41, 5.74) is 1.39. The maximum Gasteiger partial charge on any atom is 0.416 e. The van der Waals surface area contributed by atoms with E-state index in [0.717, 1.165) is 51.7 Å². The third kappa shape index (κ3) is 6.10. The molecule has 0 aliphatic heterocycles. The molecule has 5 rings (SSSR count). The van der Waals surface area contributed by atoms with Gasteiger partial charge in [0.05, 0.1) is 11.1 Å². The van der Waals surface area contributed by atoms with Crippen LogP contribution in [-0.4, -0.2) is 28.5 Å². The van der Waals surface area contributed by atoms with Gasteiger partial charge in [-0.3, -0.25) is 4.79 Å². The number of amides is 1. The van der Waals surface area contributed by atoms with Gasteiger partial charge in [-0.15, -0.1) is 0 Å². The zero-order valence-corrected chi connectivity index (χ0v) is 21.4. The highest BCUT2D eigenvalue weighted by Gasteiger charge is 2.32. The Kier molecular flexibility index (Phi) is 7.15. The number of hydrogen-bond acceptors (Lipinski definition) is 4. The zero-order chi connectivity index (χ0) is 26.0. The van der Waals surface area contributed by atoms with Gasteiger partial charge in [-0.25, -0.2) is 9.97 Å². The number of rotatable bonds is 8. The number of nitrogens with one attached hydrogen (secondary N) is 1. The van der Waals surface area contributed by atoms with Crippen LogP contribution in [0.5, 0.6) is 0 Å². The molecule has 0 saturated heterocycles. The largest absolute Gasteiger partial charge is 0.416 e. The van der Waals surface area contributed by atoms with Crippen LogP contribution >= 0.6 is 15.9 Å². The second kappa shape index (κ2) is 10.5. The Morgan fingerprint density at radius 1 is 1.00 bits per heavy atom. The van der Waals surface area contributed by atoms with E-state index in [1.807, 2.05) is 48.5 Å². The van der Waals surface area contributed by atoms with Gasteiger partial charge in [-0.05, 0) is 54.8 Å². The molecular weight excluding hydrogens is 545 g/mol. The molecule has 3 aromatic carbocycles. The Morgan fingerprint density at radius 3 is 2.54 bits per heavy atom. The maximum atomic E-state index is 13.0.